The fourth-order valence-corrected chi connectivity index (χ4v) is 2.42. The van der Waals surface area contributed by atoms with Gasteiger partial charge in [-0.15, -0.1) is 0 Å². The zero-order chi connectivity index (χ0) is 19.1. The van der Waals surface area contributed by atoms with E-state index in [1.165, 1.54) is 14.2 Å². The molecule has 0 heterocycles. The Balaban J connectivity index is 1.84. The zero-order valence-corrected chi connectivity index (χ0v) is 15.5. The predicted molar refractivity (Wildman–Crippen MR) is 100 cm³/mol. The molecule has 2 amide bonds. The van der Waals surface area contributed by atoms with Crippen molar-refractivity contribution in [3.8, 4) is 11.5 Å². The third-order valence-corrected chi connectivity index (χ3v) is 4.11. The molecule has 0 bridgehead atoms. The normalized spacial score (nSPS) is 10.2. The van der Waals surface area contributed by atoms with Crippen molar-refractivity contribution in [3.63, 3.8) is 0 Å². The first-order chi connectivity index (χ1) is 12.5. The molecule has 0 aromatic heterocycles. The van der Waals surface area contributed by atoms with Crippen LogP contribution in [0.4, 0.5) is 0 Å². The van der Waals surface area contributed by atoms with E-state index >= 15 is 0 Å². The fourth-order valence-electron chi connectivity index (χ4n) is 2.42. The van der Waals surface area contributed by atoms with Gasteiger partial charge < -0.3 is 20.1 Å². The molecule has 0 aliphatic carbocycles. The van der Waals surface area contributed by atoms with Gasteiger partial charge in [-0.05, 0) is 55.3 Å². The maximum Gasteiger partial charge on any atom is 0.251 e. The summed E-state index contributed by atoms with van der Waals surface area (Å²) in [5.74, 6) is 0.646. The van der Waals surface area contributed by atoms with Crippen LogP contribution in [0.15, 0.2) is 36.4 Å². The number of hydrogen-bond acceptors (Lipinski definition) is 4. The first-order valence-corrected chi connectivity index (χ1v) is 8.32. The van der Waals surface area contributed by atoms with Crippen LogP contribution in [-0.4, -0.2) is 39.1 Å². The molecule has 2 aromatic carbocycles. The van der Waals surface area contributed by atoms with Crippen molar-refractivity contribution in [2.45, 2.75) is 13.8 Å². The van der Waals surface area contributed by atoms with Gasteiger partial charge in [-0.2, -0.15) is 0 Å². The van der Waals surface area contributed by atoms with Crippen LogP contribution in [0.25, 0.3) is 0 Å². The van der Waals surface area contributed by atoms with E-state index in [-0.39, 0.29) is 11.8 Å². The second-order valence-corrected chi connectivity index (χ2v) is 5.88. The van der Waals surface area contributed by atoms with Crippen molar-refractivity contribution in [1.29, 1.82) is 0 Å². The van der Waals surface area contributed by atoms with E-state index in [0.717, 1.165) is 11.1 Å². The van der Waals surface area contributed by atoms with Crippen LogP contribution in [-0.2, 0) is 0 Å². The quantitative estimate of drug-likeness (QED) is 0.747. The number of ether oxygens (including phenoxy) is 2. The summed E-state index contributed by atoms with van der Waals surface area (Å²) in [6.07, 6.45) is 0. The Kier molecular flexibility index (Phi) is 6.60. The van der Waals surface area contributed by atoms with Gasteiger partial charge in [-0.25, -0.2) is 0 Å². The fraction of sp³-hybridized carbons (Fsp3) is 0.300. The van der Waals surface area contributed by atoms with E-state index in [0.29, 0.717) is 35.7 Å². The summed E-state index contributed by atoms with van der Waals surface area (Å²) < 4.78 is 10.3. The zero-order valence-electron chi connectivity index (χ0n) is 15.5. The van der Waals surface area contributed by atoms with E-state index in [1.54, 1.807) is 24.3 Å². The first kappa shape index (κ1) is 19.3. The third-order valence-electron chi connectivity index (χ3n) is 4.11. The van der Waals surface area contributed by atoms with Crippen LogP contribution in [0.5, 0.6) is 11.5 Å². The van der Waals surface area contributed by atoms with Crippen LogP contribution < -0.4 is 20.1 Å². The number of hydrogen-bond donors (Lipinski definition) is 2. The Morgan fingerprint density at radius 1 is 0.769 bits per heavy atom. The lowest BCUT2D eigenvalue weighted by molar-refractivity contribution is 0.0927. The largest absolute Gasteiger partial charge is 0.493 e. The van der Waals surface area contributed by atoms with Gasteiger partial charge >= 0.3 is 0 Å². The van der Waals surface area contributed by atoms with Gasteiger partial charge in [-0.1, -0.05) is 6.07 Å². The summed E-state index contributed by atoms with van der Waals surface area (Å²) in [7, 11) is 3.05. The summed E-state index contributed by atoms with van der Waals surface area (Å²) in [6.45, 7) is 4.63. The Morgan fingerprint density at radius 2 is 1.31 bits per heavy atom. The number of carbonyl (C=O) groups excluding carboxylic acids is 2. The van der Waals surface area contributed by atoms with Gasteiger partial charge in [0.2, 0.25) is 0 Å². The number of methoxy groups -OCH3 is 2. The number of benzene rings is 2. The van der Waals surface area contributed by atoms with Gasteiger partial charge in [-0.3, -0.25) is 9.59 Å². The highest BCUT2D eigenvalue weighted by molar-refractivity contribution is 5.95. The molecule has 0 atom stereocenters. The summed E-state index contributed by atoms with van der Waals surface area (Å²) in [5.41, 5.74) is 3.28. The highest BCUT2D eigenvalue weighted by atomic mass is 16.5. The van der Waals surface area contributed by atoms with Crippen LogP contribution >= 0.6 is 0 Å². The van der Waals surface area contributed by atoms with Crippen LogP contribution in [0.3, 0.4) is 0 Å². The molecule has 0 radical (unpaired) electrons. The van der Waals surface area contributed by atoms with E-state index < -0.39 is 0 Å². The smallest absolute Gasteiger partial charge is 0.251 e. The Morgan fingerprint density at radius 3 is 1.85 bits per heavy atom. The summed E-state index contributed by atoms with van der Waals surface area (Å²) in [4.78, 5) is 24.3. The van der Waals surface area contributed by atoms with Crippen LogP contribution in [0.1, 0.15) is 31.8 Å². The molecule has 0 aliphatic heterocycles. The number of amides is 2. The van der Waals surface area contributed by atoms with E-state index in [2.05, 4.69) is 10.6 Å². The lowest BCUT2D eigenvalue weighted by Gasteiger charge is -2.11. The minimum atomic E-state index is -0.244. The second kappa shape index (κ2) is 8.89. The molecule has 2 rings (SSSR count). The molecule has 138 valence electrons. The average Bonchev–Trinajstić information content (AvgIpc) is 2.66. The third kappa shape index (κ3) is 4.75. The first-order valence-electron chi connectivity index (χ1n) is 8.32. The SMILES string of the molecule is COc1ccc(C(=O)NCCNC(=O)c2ccc(C)c(C)c2)cc1OC. The van der Waals surface area contributed by atoms with Gasteiger partial charge in [0.25, 0.3) is 11.8 Å². The molecule has 26 heavy (non-hydrogen) atoms. The monoisotopic (exact) mass is 356 g/mol. The molecule has 0 spiro atoms. The average molecular weight is 356 g/mol. The number of carbonyl (C=O) groups is 2. The number of rotatable bonds is 7. The van der Waals surface area contributed by atoms with Crippen molar-refractivity contribution in [2.75, 3.05) is 27.3 Å². The van der Waals surface area contributed by atoms with Gasteiger partial charge in [0.1, 0.15) is 0 Å². The minimum absolute atomic E-state index is 0.159. The van der Waals surface area contributed by atoms with Crippen molar-refractivity contribution in [1.82, 2.24) is 10.6 Å². The van der Waals surface area contributed by atoms with Crippen LogP contribution in [0.2, 0.25) is 0 Å². The Hall–Kier alpha value is -3.02. The molecule has 6 nitrogen and oxygen atoms in total. The molecule has 2 aromatic rings. The molecule has 0 fully saturated rings. The highest BCUT2D eigenvalue weighted by Crippen LogP contribution is 2.27. The van der Waals surface area contributed by atoms with E-state index in [1.807, 2.05) is 26.0 Å². The molecule has 0 aliphatic rings. The summed E-state index contributed by atoms with van der Waals surface area (Å²) in [5, 5.41) is 5.56. The predicted octanol–water partition coefficient (Wildman–Crippen LogP) is 2.48. The molecule has 2 N–H and O–H groups in total. The standard InChI is InChI=1S/C20H24N2O4/c1-13-5-6-15(11-14(13)2)19(23)21-9-10-22-20(24)16-7-8-17(25-3)18(12-16)26-4/h5-8,11-12H,9-10H2,1-4H3,(H,21,23)(H,22,24). The topological polar surface area (TPSA) is 76.7 Å². The van der Waals surface area contributed by atoms with Crippen molar-refractivity contribution in [3.05, 3.63) is 58.7 Å². The lowest BCUT2D eigenvalue weighted by Crippen LogP contribution is -2.34. The molecular formula is C20H24N2O4. The molecule has 0 saturated heterocycles. The highest BCUT2D eigenvalue weighted by Gasteiger charge is 2.11. The van der Waals surface area contributed by atoms with Crippen molar-refractivity contribution >= 4 is 11.8 Å². The van der Waals surface area contributed by atoms with Crippen LogP contribution in [0, 0.1) is 13.8 Å². The summed E-state index contributed by atoms with van der Waals surface area (Å²) >= 11 is 0. The molecule has 6 heteroatoms. The maximum atomic E-state index is 12.2. The van der Waals surface area contributed by atoms with Gasteiger partial charge in [0, 0.05) is 24.2 Å². The molecular weight excluding hydrogens is 332 g/mol. The van der Waals surface area contributed by atoms with Crippen molar-refractivity contribution < 1.29 is 19.1 Å². The minimum Gasteiger partial charge on any atom is -0.493 e. The van der Waals surface area contributed by atoms with E-state index in [9.17, 15) is 9.59 Å². The van der Waals surface area contributed by atoms with E-state index in [4.69, 9.17) is 9.47 Å². The lowest BCUT2D eigenvalue weighted by atomic mass is 10.1. The summed E-state index contributed by atoms with van der Waals surface area (Å²) in [6, 6.07) is 10.5. The number of aryl methyl sites for hydroxylation is 2. The maximum absolute atomic E-state index is 12.2. The molecule has 0 saturated carbocycles. The van der Waals surface area contributed by atoms with Crippen molar-refractivity contribution in [2.24, 2.45) is 0 Å². The number of nitrogens with one attached hydrogen (secondary N) is 2. The Labute approximate surface area is 153 Å². The molecule has 0 unspecified atom stereocenters. The van der Waals surface area contributed by atoms with Gasteiger partial charge in [0.15, 0.2) is 11.5 Å². The second-order valence-electron chi connectivity index (χ2n) is 5.88. The van der Waals surface area contributed by atoms with Gasteiger partial charge in [0.05, 0.1) is 14.2 Å². The Bertz CT molecular complexity index is 802.